The molecule has 1 aromatic carbocycles. The zero-order valence-electron chi connectivity index (χ0n) is 15.1. The number of furan rings is 1. The van der Waals surface area contributed by atoms with Crippen molar-refractivity contribution in [3.8, 4) is 5.75 Å². The van der Waals surface area contributed by atoms with Gasteiger partial charge in [0.05, 0.1) is 7.11 Å². The van der Waals surface area contributed by atoms with Crippen LogP contribution in [-0.2, 0) is 6.54 Å². The smallest absolute Gasteiger partial charge is 0.289 e. The van der Waals surface area contributed by atoms with Crippen LogP contribution in [0.15, 0.2) is 51.7 Å². The standard InChI is InChI=1S/C21H20N2O4/c1-26-17-6-2-4-14-9-18(27-20(14)17)21(25)22-10-13-8-15(12-22)16-5-3-7-19(24)23(16)11-13/h2-7,9,13,15H,8,10-12H2,1H3/t13-,15-/m0/s1. The summed E-state index contributed by atoms with van der Waals surface area (Å²) in [5, 5.41) is 0.854. The Morgan fingerprint density at radius 2 is 2.00 bits per heavy atom. The quantitative estimate of drug-likeness (QED) is 0.701. The first-order chi connectivity index (χ1) is 13.1. The highest BCUT2D eigenvalue weighted by atomic mass is 16.5. The largest absolute Gasteiger partial charge is 0.493 e. The summed E-state index contributed by atoms with van der Waals surface area (Å²) in [6.07, 6.45) is 1.02. The molecule has 2 aromatic heterocycles. The third-order valence-electron chi connectivity index (χ3n) is 5.71. The average Bonchev–Trinajstić information content (AvgIpc) is 3.12. The van der Waals surface area contributed by atoms with Crippen LogP contribution >= 0.6 is 0 Å². The lowest BCUT2D eigenvalue weighted by Gasteiger charge is -2.42. The predicted octanol–water partition coefficient (Wildman–Crippen LogP) is 2.86. The Morgan fingerprint density at radius 1 is 1.15 bits per heavy atom. The molecule has 1 amide bonds. The van der Waals surface area contributed by atoms with E-state index < -0.39 is 0 Å². The van der Waals surface area contributed by atoms with Crippen molar-refractivity contribution in [1.29, 1.82) is 0 Å². The molecule has 2 aliphatic heterocycles. The Morgan fingerprint density at radius 3 is 2.85 bits per heavy atom. The van der Waals surface area contributed by atoms with Crippen molar-refractivity contribution in [2.24, 2.45) is 5.92 Å². The summed E-state index contributed by atoms with van der Waals surface area (Å²) in [6, 6.07) is 12.8. The van der Waals surface area contributed by atoms with Crippen molar-refractivity contribution in [3.05, 3.63) is 64.3 Å². The number of methoxy groups -OCH3 is 1. The molecule has 4 heterocycles. The van der Waals surface area contributed by atoms with Gasteiger partial charge in [-0.25, -0.2) is 0 Å². The summed E-state index contributed by atoms with van der Waals surface area (Å²) in [6.45, 7) is 1.92. The highest BCUT2D eigenvalue weighted by molar-refractivity contribution is 5.97. The van der Waals surface area contributed by atoms with Crippen LogP contribution in [0, 0.1) is 5.92 Å². The van der Waals surface area contributed by atoms with Crippen LogP contribution in [0.1, 0.15) is 28.6 Å². The van der Waals surface area contributed by atoms with Gasteiger partial charge in [-0.2, -0.15) is 0 Å². The third kappa shape index (κ3) is 2.55. The summed E-state index contributed by atoms with van der Waals surface area (Å²) < 4.78 is 13.0. The number of carbonyl (C=O) groups excluding carboxylic acids is 1. The van der Waals surface area contributed by atoms with E-state index in [9.17, 15) is 9.59 Å². The Kier molecular flexibility index (Phi) is 3.60. The molecular weight excluding hydrogens is 344 g/mol. The van der Waals surface area contributed by atoms with Gasteiger partial charge in [0.15, 0.2) is 17.1 Å². The molecule has 0 aliphatic carbocycles. The molecule has 138 valence electrons. The van der Waals surface area contributed by atoms with Gasteiger partial charge < -0.3 is 18.6 Å². The number of nitrogens with zero attached hydrogens (tertiary/aromatic N) is 2. The summed E-state index contributed by atoms with van der Waals surface area (Å²) in [4.78, 5) is 27.1. The van der Waals surface area contributed by atoms with Crippen molar-refractivity contribution in [2.75, 3.05) is 20.2 Å². The minimum absolute atomic E-state index is 0.0476. The second kappa shape index (κ2) is 6.01. The molecule has 27 heavy (non-hydrogen) atoms. The number of piperidine rings is 1. The van der Waals surface area contributed by atoms with Gasteiger partial charge in [-0.3, -0.25) is 9.59 Å². The first kappa shape index (κ1) is 16.2. The molecule has 1 fully saturated rings. The number of rotatable bonds is 2. The maximum Gasteiger partial charge on any atom is 0.289 e. The molecule has 6 heteroatoms. The molecule has 0 N–H and O–H groups in total. The fraction of sp³-hybridized carbons (Fsp3) is 0.333. The van der Waals surface area contributed by atoms with Crippen LogP contribution in [0.25, 0.3) is 11.0 Å². The zero-order chi connectivity index (χ0) is 18.5. The number of amides is 1. The van der Waals surface area contributed by atoms with Crippen LogP contribution in [0.3, 0.4) is 0 Å². The first-order valence-electron chi connectivity index (χ1n) is 9.19. The Hall–Kier alpha value is -3.02. The molecule has 2 atom stereocenters. The van der Waals surface area contributed by atoms with Crippen molar-refractivity contribution >= 4 is 16.9 Å². The van der Waals surface area contributed by atoms with Gasteiger partial charge in [-0.05, 0) is 30.5 Å². The molecular formula is C21H20N2O4. The molecule has 5 rings (SSSR count). The van der Waals surface area contributed by atoms with Crippen molar-refractivity contribution < 1.29 is 13.9 Å². The van der Waals surface area contributed by atoms with Crippen LogP contribution < -0.4 is 10.3 Å². The molecule has 0 radical (unpaired) electrons. The zero-order valence-corrected chi connectivity index (χ0v) is 15.1. The normalized spacial score (nSPS) is 21.1. The van der Waals surface area contributed by atoms with E-state index in [1.54, 1.807) is 25.3 Å². The van der Waals surface area contributed by atoms with Gasteiger partial charge >= 0.3 is 0 Å². The van der Waals surface area contributed by atoms with Gasteiger partial charge in [0.25, 0.3) is 11.5 Å². The lowest BCUT2D eigenvalue weighted by atomic mass is 9.83. The van der Waals surface area contributed by atoms with Gasteiger partial charge in [0.1, 0.15) is 0 Å². The molecule has 0 saturated carbocycles. The Bertz CT molecular complexity index is 1100. The predicted molar refractivity (Wildman–Crippen MR) is 100 cm³/mol. The number of aromatic nitrogens is 1. The van der Waals surface area contributed by atoms with E-state index in [1.807, 2.05) is 33.7 Å². The summed E-state index contributed by atoms with van der Waals surface area (Å²) in [7, 11) is 1.59. The summed E-state index contributed by atoms with van der Waals surface area (Å²) >= 11 is 0. The van der Waals surface area contributed by atoms with E-state index in [2.05, 4.69) is 0 Å². The highest BCUT2D eigenvalue weighted by Gasteiger charge is 2.37. The highest BCUT2D eigenvalue weighted by Crippen LogP contribution is 2.36. The van der Waals surface area contributed by atoms with Gasteiger partial charge in [-0.15, -0.1) is 0 Å². The van der Waals surface area contributed by atoms with E-state index in [4.69, 9.17) is 9.15 Å². The number of carbonyl (C=O) groups is 1. The van der Waals surface area contributed by atoms with E-state index in [1.165, 1.54) is 0 Å². The minimum Gasteiger partial charge on any atom is -0.493 e. The molecule has 2 aliphatic rings. The molecule has 2 bridgehead atoms. The first-order valence-corrected chi connectivity index (χ1v) is 9.19. The van der Waals surface area contributed by atoms with Gasteiger partial charge in [0.2, 0.25) is 0 Å². The number of hydrogen-bond donors (Lipinski definition) is 0. The van der Waals surface area contributed by atoms with E-state index in [0.717, 1.165) is 17.5 Å². The van der Waals surface area contributed by atoms with Crippen molar-refractivity contribution in [2.45, 2.75) is 18.9 Å². The lowest BCUT2D eigenvalue weighted by Crippen LogP contribution is -2.49. The number of pyridine rings is 1. The number of hydrogen-bond acceptors (Lipinski definition) is 4. The van der Waals surface area contributed by atoms with E-state index in [-0.39, 0.29) is 17.4 Å². The number of fused-ring (bicyclic) bond motifs is 5. The monoisotopic (exact) mass is 364 g/mol. The van der Waals surface area contributed by atoms with Gasteiger partial charge in [0, 0.05) is 42.7 Å². The van der Waals surface area contributed by atoms with Crippen LogP contribution in [0.4, 0.5) is 0 Å². The maximum absolute atomic E-state index is 13.1. The Labute approximate surface area is 155 Å². The van der Waals surface area contributed by atoms with Crippen LogP contribution in [0.5, 0.6) is 5.75 Å². The molecule has 0 spiro atoms. The summed E-state index contributed by atoms with van der Waals surface area (Å²) in [5.74, 6) is 1.33. The van der Waals surface area contributed by atoms with Crippen molar-refractivity contribution in [1.82, 2.24) is 9.47 Å². The fourth-order valence-corrected chi connectivity index (χ4v) is 4.52. The number of ether oxygens (including phenoxy) is 1. The van der Waals surface area contributed by atoms with E-state index >= 15 is 0 Å². The Balaban J connectivity index is 1.46. The topological polar surface area (TPSA) is 64.7 Å². The summed E-state index contributed by atoms with van der Waals surface area (Å²) in [5.41, 5.74) is 1.67. The second-order valence-corrected chi connectivity index (χ2v) is 7.40. The second-order valence-electron chi connectivity index (χ2n) is 7.40. The maximum atomic E-state index is 13.1. The lowest BCUT2D eigenvalue weighted by molar-refractivity contribution is 0.0566. The third-order valence-corrected chi connectivity index (χ3v) is 5.71. The number of para-hydroxylation sites is 1. The fourth-order valence-electron chi connectivity index (χ4n) is 4.52. The number of benzene rings is 1. The molecule has 1 saturated heterocycles. The van der Waals surface area contributed by atoms with Crippen molar-refractivity contribution in [3.63, 3.8) is 0 Å². The van der Waals surface area contributed by atoms with Gasteiger partial charge in [-0.1, -0.05) is 18.2 Å². The van der Waals surface area contributed by atoms with Crippen LogP contribution in [0.2, 0.25) is 0 Å². The molecule has 6 nitrogen and oxygen atoms in total. The SMILES string of the molecule is COc1cccc2cc(C(=O)N3C[C@@H]4C[C@@H](C3)c3cccc(=O)n3C4)oc12. The average molecular weight is 364 g/mol. The minimum atomic E-state index is -0.102. The van der Waals surface area contributed by atoms with Crippen LogP contribution in [-0.4, -0.2) is 35.6 Å². The number of likely N-dealkylation sites (tertiary alicyclic amines) is 1. The van der Waals surface area contributed by atoms with E-state index in [0.29, 0.717) is 42.6 Å². The molecule has 0 unspecified atom stereocenters. The molecule has 3 aromatic rings.